The number of nitrogens with one attached hydrogen (secondary N) is 2. The predicted octanol–water partition coefficient (Wildman–Crippen LogP) is 1.85. The molecule has 1 aromatic rings. The molecule has 0 radical (unpaired) electrons. The zero-order valence-corrected chi connectivity index (χ0v) is 7.72. The Morgan fingerprint density at radius 3 is 2.54 bits per heavy atom. The van der Waals surface area contributed by atoms with Crippen molar-refractivity contribution < 1.29 is 4.79 Å². The molecule has 0 saturated heterocycles. The smallest absolute Gasteiger partial charge is 0.150 e. The van der Waals surface area contributed by atoms with E-state index in [-0.39, 0.29) is 0 Å². The highest BCUT2D eigenvalue weighted by atomic mass is 16.1. The zero-order valence-electron chi connectivity index (χ0n) is 7.72. The fraction of sp³-hybridized carbons (Fsp3) is 0.200. The van der Waals surface area contributed by atoms with Crippen molar-refractivity contribution in [2.45, 2.75) is 6.92 Å². The van der Waals surface area contributed by atoms with Crippen molar-refractivity contribution in [1.82, 2.24) is 0 Å². The summed E-state index contributed by atoms with van der Waals surface area (Å²) in [5.74, 6) is 0. The molecule has 0 amide bonds. The Hall–Kier alpha value is -1.64. The average Bonchev–Trinajstić information content (AvgIpc) is 2.17. The Labute approximate surface area is 77.3 Å². The molecule has 0 atom stereocenters. The van der Waals surface area contributed by atoms with Gasteiger partial charge in [-0.15, -0.1) is 0 Å². The Morgan fingerprint density at radius 1 is 1.38 bits per heavy atom. The van der Waals surface area contributed by atoms with Crippen molar-refractivity contribution in [3.8, 4) is 0 Å². The summed E-state index contributed by atoms with van der Waals surface area (Å²) in [5, 5.41) is 10.1. The van der Waals surface area contributed by atoms with Gasteiger partial charge in [-0.25, -0.2) is 0 Å². The van der Waals surface area contributed by atoms with Gasteiger partial charge in [-0.3, -0.25) is 4.79 Å². The summed E-state index contributed by atoms with van der Waals surface area (Å²) >= 11 is 0. The second kappa shape index (κ2) is 3.85. The Morgan fingerprint density at radius 2 is 2.08 bits per heavy atom. The van der Waals surface area contributed by atoms with Crippen molar-refractivity contribution in [1.29, 1.82) is 5.41 Å². The molecule has 0 aromatic heterocycles. The molecule has 68 valence electrons. The first-order valence-corrected chi connectivity index (χ1v) is 4.01. The van der Waals surface area contributed by atoms with Crippen LogP contribution in [0.2, 0.25) is 0 Å². The number of anilines is 1. The highest BCUT2D eigenvalue weighted by molar-refractivity contribution is 5.90. The van der Waals surface area contributed by atoms with E-state index in [1.807, 2.05) is 13.0 Å². The van der Waals surface area contributed by atoms with E-state index in [4.69, 9.17) is 5.41 Å². The number of carbonyl (C=O) groups excluding carboxylic acids is 1. The van der Waals surface area contributed by atoms with Gasteiger partial charge in [-0.1, -0.05) is 0 Å². The highest BCUT2D eigenvalue weighted by Gasteiger charge is 2.03. The number of benzene rings is 1. The minimum absolute atomic E-state index is 0.637. The number of hydrogen-bond donors (Lipinski definition) is 2. The van der Waals surface area contributed by atoms with Gasteiger partial charge in [0, 0.05) is 30.1 Å². The van der Waals surface area contributed by atoms with Gasteiger partial charge >= 0.3 is 0 Å². The normalized spacial score (nSPS) is 9.38. The van der Waals surface area contributed by atoms with E-state index in [9.17, 15) is 4.79 Å². The molecule has 0 saturated carbocycles. The second-order valence-corrected chi connectivity index (χ2v) is 2.81. The van der Waals surface area contributed by atoms with Crippen LogP contribution in [0.1, 0.15) is 21.5 Å². The van der Waals surface area contributed by atoms with E-state index >= 15 is 0 Å². The molecule has 1 aromatic carbocycles. The van der Waals surface area contributed by atoms with Gasteiger partial charge in [-0.2, -0.15) is 0 Å². The quantitative estimate of drug-likeness (QED) is 0.545. The van der Waals surface area contributed by atoms with Crippen LogP contribution in [0.5, 0.6) is 0 Å². The summed E-state index contributed by atoms with van der Waals surface area (Å²) in [4.78, 5) is 10.6. The van der Waals surface area contributed by atoms with E-state index in [0.717, 1.165) is 23.1 Å². The maximum Gasteiger partial charge on any atom is 0.150 e. The van der Waals surface area contributed by atoms with Crippen molar-refractivity contribution in [3.63, 3.8) is 0 Å². The number of aldehydes is 1. The lowest BCUT2D eigenvalue weighted by molar-refractivity contribution is 0.112. The van der Waals surface area contributed by atoms with Crippen LogP contribution >= 0.6 is 0 Å². The molecular formula is C10H12N2O. The third-order valence-electron chi connectivity index (χ3n) is 1.99. The molecule has 0 unspecified atom stereocenters. The number of hydrogen-bond acceptors (Lipinski definition) is 3. The molecule has 3 nitrogen and oxygen atoms in total. The van der Waals surface area contributed by atoms with E-state index in [1.165, 1.54) is 6.21 Å². The van der Waals surface area contributed by atoms with Gasteiger partial charge in [0.2, 0.25) is 0 Å². The first-order valence-electron chi connectivity index (χ1n) is 4.01. The van der Waals surface area contributed by atoms with Crippen LogP contribution < -0.4 is 5.32 Å². The van der Waals surface area contributed by atoms with Crippen LogP contribution in [0.25, 0.3) is 0 Å². The lowest BCUT2D eigenvalue weighted by Crippen LogP contribution is -1.98. The summed E-state index contributed by atoms with van der Waals surface area (Å²) in [7, 11) is 1.79. The standard InChI is InChI=1S/C10H12N2O/c1-7-3-10(12-2)8(5-11)4-9(7)6-13/h3-6,11-12H,1-2H3. The molecule has 0 heterocycles. The molecule has 2 N–H and O–H groups in total. The SMILES string of the molecule is CNc1cc(C)c(C=O)cc1C=N. The minimum Gasteiger partial charge on any atom is -0.388 e. The molecule has 0 spiro atoms. The second-order valence-electron chi connectivity index (χ2n) is 2.81. The van der Waals surface area contributed by atoms with Gasteiger partial charge in [0.25, 0.3) is 0 Å². The van der Waals surface area contributed by atoms with E-state index < -0.39 is 0 Å². The van der Waals surface area contributed by atoms with Crippen molar-refractivity contribution in [2.24, 2.45) is 0 Å². The Bertz CT molecular complexity index is 345. The fourth-order valence-corrected chi connectivity index (χ4v) is 1.21. The monoisotopic (exact) mass is 176 g/mol. The fourth-order valence-electron chi connectivity index (χ4n) is 1.21. The summed E-state index contributed by atoms with van der Waals surface area (Å²) in [6.07, 6.45) is 2.04. The van der Waals surface area contributed by atoms with Crippen LogP contribution in [0.3, 0.4) is 0 Å². The zero-order chi connectivity index (χ0) is 9.84. The van der Waals surface area contributed by atoms with Crippen LogP contribution in [-0.4, -0.2) is 19.5 Å². The first kappa shape index (κ1) is 9.45. The van der Waals surface area contributed by atoms with E-state index in [1.54, 1.807) is 13.1 Å². The molecule has 3 heteroatoms. The summed E-state index contributed by atoms with van der Waals surface area (Å²) in [6, 6.07) is 3.57. The first-order chi connectivity index (χ1) is 6.22. The lowest BCUT2D eigenvalue weighted by Gasteiger charge is -2.07. The predicted molar refractivity (Wildman–Crippen MR) is 54.0 cm³/mol. The molecule has 0 aliphatic heterocycles. The Kier molecular flexibility index (Phi) is 2.80. The van der Waals surface area contributed by atoms with Crippen LogP contribution in [-0.2, 0) is 0 Å². The van der Waals surface area contributed by atoms with E-state index in [0.29, 0.717) is 5.56 Å². The van der Waals surface area contributed by atoms with Gasteiger partial charge in [0.1, 0.15) is 6.29 Å². The summed E-state index contributed by atoms with van der Waals surface area (Å²) < 4.78 is 0. The molecule has 13 heavy (non-hydrogen) atoms. The maximum atomic E-state index is 10.6. The summed E-state index contributed by atoms with van der Waals surface area (Å²) in [6.45, 7) is 1.87. The third-order valence-corrected chi connectivity index (χ3v) is 1.99. The average molecular weight is 176 g/mol. The molecule has 0 fully saturated rings. The van der Waals surface area contributed by atoms with Crippen LogP contribution in [0.4, 0.5) is 5.69 Å². The molecular weight excluding hydrogens is 164 g/mol. The largest absolute Gasteiger partial charge is 0.388 e. The number of rotatable bonds is 3. The van der Waals surface area contributed by atoms with Gasteiger partial charge in [0.15, 0.2) is 0 Å². The number of carbonyl (C=O) groups is 1. The minimum atomic E-state index is 0.637. The molecule has 1 rings (SSSR count). The topological polar surface area (TPSA) is 53.0 Å². The third kappa shape index (κ3) is 1.75. The van der Waals surface area contributed by atoms with Gasteiger partial charge in [0.05, 0.1) is 0 Å². The van der Waals surface area contributed by atoms with Crippen molar-refractivity contribution >= 4 is 18.2 Å². The van der Waals surface area contributed by atoms with Crippen LogP contribution in [0, 0.1) is 12.3 Å². The lowest BCUT2D eigenvalue weighted by atomic mass is 10.0. The van der Waals surface area contributed by atoms with Gasteiger partial charge < -0.3 is 10.7 Å². The summed E-state index contributed by atoms with van der Waals surface area (Å²) in [5.41, 5.74) is 3.16. The van der Waals surface area contributed by atoms with Crippen molar-refractivity contribution in [2.75, 3.05) is 12.4 Å². The number of aryl methyl sites for hydroxylation is 1. The van der Waals surface area contributed by atoms with Crippen molar-refractivity contribution in [3.05, 3.63) is 28.8 Å². The van der Waals surface area contributed by atoms with Gasteiger partial charge in [-0.05, 0) is 24.6 Å². The molecule has 0 aliphatic rings. The maximum absolute atomic E-state index is 10.6. The van der Waals surface area contributed by atoms with E-state index in [2.05, 4.69) is 5.32 Å². The van der Waals surface area contributed by atoms with Crippen LogP contribution in [0.15, 0.2) is 12.1 Å². The molecule has 0 aliphatic carbocycles. The highest BCUT2D eigenvalue weighted by Crippen LogP contribution is 2.18. The Balaban J connectivity index is 3.34. The molecule has 0 bridgehead atoms.